The largest absolute Gasteiger partial charge is 0.309 e. The molecule has 0 saturated heterocycles. The van der Waals surface area contributed by atoms with Gasteiger partial charge in [0.1, 0.15) is 0 Å². The van der Waals surface area contributed by atoms with Crippen LogP contribution in [0.5, 0.6) is 0 Å². The molecule has 0 unspecified atom stereocenters. The maximum absolute atomic E-state index is 12.1. The van der Waals surface area contributed by atoms with E-state index in [1.807, 2.05) is 6.92 Å². The van der Waals surface area contributed by atoms with Crippen LogP contribution in [0.3, 0.4) is 0 Å². The van der Waals surface area contributed by atoms with E-state index >= 15 is 0 Å². The molecule has 0 spiro atoms. The van der Waals surface area contributed by atoms with Crippen molar-refractivity contribution in [1.29, 1.82) is 0 Å². The van der Waals surface area contributed by atoms with Gasteiger partial charge in [-0.15, -0.1) is 0 Å². The summed E-state index contributed by atoms with van der Waals surface area (Å²) >= 11 is 5.87. The summed E-state index contributed by atoms with van der Waals surface area (Å²) in [6, 6.07) is 1.94. The quantitative estimate of drug-likeness (QED) is 0.745. The summed E-state index contributed by atoms with van der Waals surface area (Å²) in [5.41, 5.74) is 0.679. The number of pyridine rings is 1. The van der Waals surface area contributed by atoms with Crippen molar-refractivity contribution in [3.63, 3.8) is 0 Å². The van der Waals surface area contributed by atoms with Gasteiger partial charge in [0.2, 0.25) is 0 Å². The first-order chi connectivity index (χ1) is 7.65. The first-order valence-corrected chi connectivity index (χ1v) is 5.89. The Labute approximate surface area is 99.0 Å². The van der Waals surface area contributed by atoms with Crippen LogP contribution in [0.1, 0.15) is 47.8 Å². The molecule has 0 aliphatic heterocycles. The van der Waals surface area contributed by atoms with Gasteiger partial charge in [0.15, 0.2) is 6.29 Å². The van der Waals surface area contributed by atoms with Crippen LogP contribution >= 0.6 is 11.6 Å². The number of carbonyl (C=O) groups excluding carboxylic acids is 1. The standard InChI is InChI=1S/C12H14ClNO2/c1-8-6-11(13)10(7-15)12(16)14(8)9-4-2-3-5-9/h6-7,9H,2-5H2,1H3. The maximum atomic E-state index is 12.1. The van der Waals surface area contributed by atoms with E-state index < -0.39 is 0 Å². The third-order valence-electron chi connectivity index (χ3n) is 3.23. The number of aromatic nitrogens is 1. The summed E-state index contributed by atoms with van der Waals surface area (Å²) in [6.45, 7) is 1.86. The molecule has 4 heteroatoms. The molecule has 0 atom stereocenters. The molecule has 16 heavy (non-hydrogen) atoms. The van der Waals surface area contributed by atoms with Crippen molar-refractivity contribution in [3.05, 3.63) is 32.7 Å². The fourth-order valence-corrected chi connectivity index (χ4v) is 2.73. The van der Waals surface area contributed by atoms with Crippen LogP contribution in [-0.4, -0.2) is 10.9 Å². The van der Waals surface area contributed by atoms with Gasteiger partial charge in [0, 0.05) is 11.7 Å². The molecule has 0 aromatic carbocycles. The molecule has 1 aliphatic carbocycles. The van der Waals surface area contributed by atoms with Crippen LogP contribution < -0.4 is 5.56 Å². The first-order valence-electron chi connectivity index (χ1n) is 5.52. The van der Waals surface area contributed by atoms with E-state index in [9.17, 15) is 9.59 Å². The Morgan fingerprint density at radius 2 is 2.06 bits per heavy atom. The molecular formula is C12H14ClNO2. The van der Waals surface area contributed by atoms with Crippen LogP contribution in [0.15, 0.2) is 10.9 Å². The topological polar surface area (TPSA) is 39.1 Å². The molecule has 0 N–H and O–H groups in total. The summed E-state index contributed by atoms with van der Waals surface area (Å²) in [5, 5.41) is 0.256. The molecule has 0 bridgehead atoms. The second-order valence-electron chi connectivity index (χ2n) is 4.28. The smallest absolute Gasteiger partial charge is 0.263 e. The van der Waals surface area contributed by atoms with Gasteiger partial charge in [-0.1, -0.05) is 24.4 Å². The monoisotopic (exact) mass is 239 g/mol. The van der Waals surface area contributed by atoms with Crippen molar-refractivity contribution in [3.8, 4) is 0 Å². The maximum Gasteiger partial charge on any atom is 0.263 e. The van der Waals surface area contributed by atoms with Gasteiger partial charge in [0.25, 0.3) is 5.56 Å². The predicted octanol–water partition coefficient (Wildman–Crippen LogP) is 2.74. The Morgan fingerprint density at radius 3 is 2.62 bits per heavy atom. The summed E-state index contributed by atoms with van der Waals surface area (Å²) in [4.78, 5) is 22.9. The minimum Gasteiger partial charge on any atom is -0.309 e. The highest BCUT2D eigenvalue weighted by Crippen LogP contribution is 2.29. The van der Waals surface area contributed by atoms with Crippen LogP contribution in [0.4, 0.5) is 0 Å². The Hall–Kier alpha value is -1.09. The van der Waals surface area contributed by atoms with Crippen molar-refractivity contribution in [2.75, 3.05) is 0 Å². The van der Waals surface area contributed by atoms with Gasteiger partial charge < -0.3 is 4.57 Å². The van der Waals surface area contributed by atoms with E-state index in [4.69, 9.17) is 11.6 Å². The average molecular weight is 240 g/mol. The molecule has 2 rings (SSSR count). The zero-order chi connectivity index (χ0) is 11.7. The van der Waals surface area contributed by atoms with Gasteiger partial charge >= 0.3 is 0 Å². The molecular weight excluding hydrogens is 226 g/mol. The van der Waals surface area contributed by atoms with Crippen molar-refractivity contribution in [2.45, 2.75) is 38.6 Å². The lowest BCUT2D eigenvalue weighted by atomic mass is 10.2. The Balaban J connectivity index is 2.60. The number of carbonyl (C=O) groups is 1. The van der Waals surface area contributed by atoms with Crippen LogP contribution in [0, 0.1) is 6.92 Å². The van der Waals surface area contributed by atoms with E-state index in [2.05, 4.69) is 0 Å². The summed E-state index contributed by atoms with van der Waals surface area (Å²) in [5.74, 6) is 0. The minimum absolute atomic E-state index is 0.0826. The Bertz CT molecular complexity index is 473. The van der Waals surface area contributed by atoms with Gasteiger partial charge in [-0.05, 0) is 25.8 Å². The van der Waals surface area contributed by atoms with Crippen molar-refractivity contribution in [2.24, 2.45) is 0 Å². The third kappa shape index (κ3) is 1.80. The zero-order valence-electron chi connectivity index (χ0n) is 9.20. The predicted molar refractivity (Wildman–Crippen MR) is 63.3 cm³/mol. The normalized spacial score (nSPS) is 16.6. The number of halogens is 1. The SMILES string of the molecule is Cc1cc(Cl)c(C=O)c(=O)n1C1CCCC1. The lowest BCUT2D eigenvalue weighted by Crippen LogP contribution is -2.28. The van der Waals surface area contributed by atoms with E-state index in [1.165, 1.54) is 0 Å². The first kappa shape index (κ1) is 11.4. The molecule has 1 aliphatic rings. The molecule has 1 saturated carbocycles. The fraction of sp³-hybridized carbons (Fsp3) is 0.500. The number of rotatable bonds is 2. The Kier molecular flexibility index (Phi) is 3.15. The van der Waals surface area contributed by atoms with Gasteiger partial charge in [-0.25, -0.2) is 0 Å². The average Bonchev–Trinajstić information content (AvgIpc) is 2.70. The number of aldehydes is 1. The molecule has 1 heterocycles. The summed E-state index contributed by atoms with van der Waals surface area (Å²) in [7, 11) is 0. The van der Waals surface area contributed by atoms with Crippen LogP contribution in [-0.2, 0) is 0 Å². The summed E-state index contributed by atoms with van der Waals surface area (Å²) < 4.78 is 1.72. The minimum atomic E-state index is -0.244. The molecule has 86 valence electrons. The lowest BCUT2D eigenvalue weighted by molar-refractivity contribution is 0.112. The second-order valence-corrected chi connectivity index (χ2v) is 4.69. The third-order valence-corrected chi connectivity index (χ3v) is 3.54. The summed E-state index contributed by atoms with van der Waals surface area (Å²) in [6.07, 6.45) is 4.88. The van der Waals surface area contributed by atoms with Gasteiger partial charge in [0.05, 0.1) is 10.6 Å². The van der Waals surface area contributed by atoms with E-state index in [1.54, 1.807) is 10.6 Å². The number of hydrogen-bond acceptors (Lipinski definition) is 2. The van der Waals surface area contributed by atoms with Crippen molar-refractivity contribution >= 4 is 17.9 Å². The molecule has 1 aromatic heterocycles. The van der Waals surface area contributed by atoms with Crippen LogP contribution in [0.2, 0.25) is 5.02 Å². The molecule has 3 nitrogen and oxygen atoms in total. The van der Waals surface area contributed by atoms with E-state index in [0.717, 1.165) is 31.4 Å². The zero-order valence-corrected chi connectivity index (χ0v) is 9.96. The molecule has 0 amide bonds. The molecule has 0 radical (unpaired) electrons. The number of nitrogens with zero attached hydrogens (tertiary/aromatic N) is 1. The highest BCUT2D eigenvalue weighted by molar-refractivity contribution is 6.32. The van der Waals surface area contributed by atoms with Gasteiger partial charge in [-0.3, -0.25) is 9.59 Å². The van der Waals surface area contributed by atoms with Crippen LogP contribution in [0.25, 0.3) is 0 Å². The molecule has 1 aromatic rings. The second kappa shape index (κ2) is 4.42. The highest BCUT2D eigenvalue weighted by Gasteiger charge is 2.21. The van der Waals surface area contributed by atoms with E-state index in [-0.39, 0.29) is 22.2 Å². The lowest BCUT2D eigenvalue weighted by Gasteiger charge is -2.17. The highest BCUT2D eigenvalue weighted by atomic mass is 35.5. The van der Waals surface area contributed by atoms with Crippen molar-refractivity contribution in [1.82, 2.24) is 4.57 Å². The number of hydrogen-bond donors (Lipinski definition) is 0. The molecule has 1 fully saturated rings. The van der Waals surface area contributed by atoms with Crippen molar-refractivity contribution < 1.29 is 4.79 Å². The van der Waals surface area contributed by atoms with E-state index in [0.29, 0.717) is 6.29 Å². The number of aryl methyl sites for hydroxylation is 1. The Morgan fingerprint density at radius 1 is 1.44 bits per heavy atom. The fourth-order valence-electron chi connectivity index (χ4n) is 2.45. The van der Waals surface area contributed by atoms with Gasteiger partial charge in [-0.2, -0.15) is 0 Å².